The van der Waals surface area contributed by atoms with Crippen molar-refractivity contribution < 1.29 is 9.66 Å². The second-order valence-electron chi connectivity index (χ2n) is 4.53. The fraction of sp³-hybridized carbons (Fsp3) is 0.188. The summed E-state index contributed by atoms with van der Waals surface area (Å²) in [5, 5.41) is 14.6. The number of nitrogens with zero attached hydrogens (tertiary/aromatic N) is 2. The smallest absolute Gasteiger partial charge is 0.363 e. The van der Waals surface area contributed by atoms with Crippen molar-refractivity contribution in [3.8, 4) is 16.9 Å². The van der Waals surface area contributed by atoms with E-state index in [2.05, 4.69) is 10.5 Å². The van der Waals surface area contributed by atoms with Gasteiger partial charge in [-0.2, -0.15) is 5.43 Å². The van der Waals surface area contributed by atoms with Crippen LogP contribution in [0, 0.1) is 10.1 Å². The number of nitro groups is 1. The SMILES string of the molecule is CC/C(=N\Nc1cc(-c2ccccc2)ccc1OC)[N+](=O)[O-]. The van der Waals surface area contributed by atoms with Gasteiger partial charge in [-0.15, -0.1) is 0 Å². The Balaban J connectivity index is 2.35. The quantitative estimate of drug-likeness (QED) is 0.394. The topological polar surface area (TPSA) is 76.8 Å². The molecule has 0 spiro atoms. The van der Waals surface area contributed by atoms with Gasteiger partial charge in [-0.25, -0.2) is 0 Å². The summed E-state index contributed by atoms with van der Waals surface area (Å²) in [7, 11) is 1.54. The van der Waals surface area contributed by atoms with Gasteiger partial charge in [-0.05, 0) is 28.2 Å². The molecule has 114 valence electrons. The molecule has 0 fully saturated rings. The monoisotopic (exact) mass is 299 g/mol. The molecule has 0 aromatic heterocycles. The van der Waals surface area contributed by atoms with Gasteiger partial charge in [0.15, 0.2) is 0 Å². The van der Waals surface area contributed by atoms with Crippen LogP contribution in [0.1, 0.15) is 13.3 Å². The Morgan fingerprint density at radius 3 is 2.55 bits per heavy atom. The number of benzene rings is 2. The molecule has 2 rings (SSSR count). The maximum Gasteiger partial charge on any atom is 0.363 e. The minimum Gasteiger partial charge on any atom is -0.494 e. The van der Waals surface area contributed by atoms with Crippen molar-refractivity contribution >= 4 is 11.5 Å². The molecular weight excluding hydrogens is 282 g/mol. The van der Waals surface area contributed by atoms with Gasteiger partial charge < -0.3 is 14.9 Å². The first-order valence-corrected chi connectivity index (χ1v) is 6.86. The van der Waals surface area contributed by atoms with E-state index in [-0.39, 0.29) is 12.3 Å². The average molecular weight is 299 g/mol. The van der Waals surface area contributed by atoms with Crippen LogP contribution in [0.3, 0.4) is 0 Å². The third kappa shape index (κ3) is 3.60. The van der Waals surface area contributed by atoms with Crippen molar-refractivity contribution in [2.75, 3.05) is 12.5 Å². The van der Waals surface area contributed by atoms with Crippen LogP contribution in [-0.4, -0.2) is 17.9 Å². The molecule has 0 atom stereocenters. The molecular formula is C16H17N3O3. The zero-order valence-electron chi connectivity index (χ0n) is 12.4. The van der Waals surface area contributed by atoms with Gasteiger partial charge in [0.1, 0.15) is 11.4 Å². The van der Waals surface area contributed by atoms with E-state index in [1.54, 1.807) is 20.1 Å². The Morgan fingerprint density at radius 2 is 1.95 bits per heavy atom. The molecule has 2 aromatic rings. The summed E-state index contributed by atoms with van der Waals surface area (Å²) in [5.41, 5.74) is 5.32. The molecule has 0 saturated heterocycles. The molecule has 0 unspecified atom stereocenters. The maximum atomic E-state index is 10.8. The summed E-state index contributed by atoms with van der Waals surface area (Å²) in [5.74, 6) is 0.439. The van der Waals surface area contributed by atoms with Gasteiger partial charge in [-0.3, -0.25) is 0 Å². The molecule has 0 amide bonds. The fourth-order valence-electron chi connectivity index (χ4n) is 1.98. The molecule has 0 aliphatic rings. The number of hydrogen-bond acceptors (Lipinski definition) is 5. The highest BCUT2D eigenvalue weighted by molar-refractivity contribution is 5.76. The normalized spacial score (nSPS) is 11.1. The Morgan fingerprint density at radius 1 is 1.23 bits per heavy atom. The highest BCUT2D eigenvalue weighted by Crippen LogP contribution is 2.30. The molecule has 0 bridgehead atoms. The second kappa shape index (κ2) is 7.21. The molecule has 0 aliphatic heterocycles. The second-order valence-corrected chi connectivity index (χ2v) is 4.53. The van der Waals surface area contributed by atoms with Crippen molar-refractivity contribution in [1.29, 1.82) is 0 Å². The maximum absolute atomic E-state index is 10.8. The Kier molecular flexibility index (Phi) is 5.08. The number of amidine groups is 1. The van der Waals surface area contributed by atoms with Gasteiger partial charge in [0, 0.05) is 0 Å². The lowest BCUT2D eigenvalue weighted by Crippen LogP contribution is -2.12. The molecule has 0 saturated carbocycles. The first-order chi connectivity index (χ1) is 10.7. The molecule has 6 nitrogen and oxygen atoms in total. The van der Waals surface area contributed by atoms with E-state index in [0.29, 0.717) is 11.4 Å². The number of rotatable bonds is 5. The molecule has 0 radical (unpaired) electrons. The van der Waals surface area contributed by atoms with Crippen LogP contribution in [-0.2, 0) is 0 Å². The van der Waals surface area contributed by atoms with E-state index in [4.69, 9.17) is 4.74 Å². The first-order valence-electron chi connectivity index (χ1n) is 6.86. The van der Waals surface area contributed by atoms with Gasteiger partial charge in [-0.1, -0.05) is 43.3 Å². The van der Waals surface area contributed by atoms with Gasteiger partial charge in [0.2, 0.25) is 0 Å². The summed E-state index contributed by atoms with van der Waals surface area (Å²) >= 11 is 0. The van der Waals surface area contributed by atoms with Gasteiger partial charge in [0.05, 0.1) is 18.6 Å². The first kappa shape index (κ1) is 15.5. The van der Waals surface area contributed by atoms with E-state index >= 15 is 0 Å². The van der Waals surface area contributed by atoms with E-state index < -0.39 is 4.92 Å². The number of anilines is 1. The Bertz CT molecular complexity index is 684. The number of hydrogen-bond donors (Lipinski definition) is 1. The lowest BCUT2D eigenvalue weighted by atomic mass is 10.1. The van der Waals surface area contributed by atoms with Gasteiger partial charge >= 0.3 is 5.84 Å². The van der Waals surface area contributed by atoms with Crippen LogP contribution >= 0.6 is 0 Å². The predicted molar refractivity (Wildman–Crippen MR) is 86.8 cm³/mol. The van der Waals surface area contributed by atoms with Crippen molar-refractivity contribution in [2.24, 2.45) is 5.10 Å². The van der Waals surface area contributed by atoms with Crippen LogP contribution in [0.15, 0.2) is 53.6 Å². The Labute approximate surface area is 128 Å². The summed E-state index contributed by atoms with van der Waals surface area (Å²) in [6, 6.07) is 15.4. The molecule has 6 heteroatoms. The average Bonchev–Trinajstić information content (AvgIpc) is 2.55. The predicted octanol–water partition coefficient (Wildman–Crippen LogP) is 3.77. The van der Waals surface area contributed by atoms with Crippen LogP contribution in [0.2, 0.25) is 0 Å². The van der Waals surface area contributed by atoms with Crippen LogP contribution in [0.25, 0.3) is 11.1 Å². The molecule has 1 N–H and O–H groups in total. The minimum absolute atomic E-state index is 0.132. The number of hydrazone groups is 1. The molecule has 0 aliphatic carbocycles. The van der Waals surface area contributed by atoms with E-state index in [1.807, 2.05) is 42.5 Å². The van der Waals surface area contributed by atoms with Crippen LogP contribution < -0.4 is 10.2 Å². The van der Waals surface area contributed by atoms with Crippen molar-refractivity contribution in [1.82, 2.24) is 0 Å². The number of methoxy groups -OCH3 is 1. The standard InChI is InChI=1S/C16H17N3O3/c1-3-16(19(20)21)18-17-14-11-13(9-10-15(14)22-2)12-7-5-4-6-8-12/h4-11,17H,3H2,1-2H3/b18-16+. The summed E-state index contributed by atoms with van der Waals surface area (Å²) < 4.78 is 5.26. The molecule has 2 aromatic carbocycles. The third-order valence-corrected chi connectivity index (χ3v) is 3.14. The lowest BCUT2D eigenvalue weighted by Gasteiger charge is -2.08. The third-order valence-electron chi connectivity index (χ3n) is 3.14. The molecule has 22 heavy (non-hydrogen) atoms. The summed E-state index contributed by atoms with van der Waals surface area (Å²) in [6.07, 6.45) is 0.237. The highest BCUT2D eigenvalue weighted by Gasteiger charge is 2.12. The highest BCUT2D eigenvalue weighted by atomic mass is 16.6. The van der Waals surface area contributed by atoms with E-state index in [9.17, 15) is 10.1 Å². The zero-order chi connectivity index (χ0) is 15.9. The zero-order valence-corrected chi connectivity index (χ0v) is 12.4. The fourth-order valence-corrected chi connectivity index (χ4v) is 1.98. The van der Waals surface area contributed by atoms with Crippen LogP contribution in [0.5, 0.6) is 5.75 Å². The summed E-state index contributed by atoms with van der Waals surface area (Å²) in [6.45, 7) is 1.68. The summed E-state index contributed by atoms with van der Waals surface area (Å²) in [4.78, 5) is 10.3. The minimum atomic E-state index is -0.499. The number of nitrogens with one attached hydrogen (secondary N) is 1. The van der Waals surface area contributed by atoms with Crippen LogP contribution in [0.4, 0.5) is 5.69 Å². The molecule has 0 heterocycles. The van der Waals surface area contributed by atoms with Crippen molar-refractivity contribution in [3.63, 3.8) is 0 Å². The van der Waals surface area contributed by atoms with E-state index in [1.165, 1.54) is 0 Å². The lowest BCUT2D eigenvalue weighted by molar-refractivity contribution is -0.353. The largest absolute Gasteiger partial charge is 0.494 e. The van der Waals surface area contributed by atoms with Gasteiger partial charge in [0.25, 0.3) is 0 Å². The van der Waals surface area contributed by atoms with Crippen molar-refractivity contribution in [3.05, 3.63) is 58.6 Å². The van der Waals surface area contributed by atoms with E-state index in [0.717, 1.165) is 11.1 Å². The van der Waals surface area contributed by atoms with Crippen molar-refractivity contribution in [2.45, 2.75) is 13.3 Å². The number of ether oxygens (including phenoxy) is 1. The Hall–Kier alpha value is -2.89.